The molecule has 0 aliphatic heterocycles. The molecule has 1 atom stereocenters. The molecular weight excluding hydrogens is 246 g/mol. The minimum atomic E-state index is -2.17. The molecule has 0 N–H and O–H groups in total. The van der Waals surface area contributed by atoms with Crippen molar-refractivity contribution in [2.24, 2.45) is 0 Å². The Kier molecular flexibility index (Phi) is 10.6. The van der Waals surface area contributed by atoms with Gasteiger partial charge in [-0.2, -0.15) is 0 Å². The van der Waals surface area contributed by atoms with Crippen molar-refractivity contribution in [3.8, 4) is 0 Å². The molecule has 0 aromatic carbocycles. The zero-order valence-electron chi connectivity index (χ0n) is 10.6. The smallest absolute Gasteiger partial charge is 0.318 e. The number of alkyl halides is 2. The summed E-state index contributed by atoms with van der Waals surface area (Å²) in [5, 5.41) is -0.129. The first-order valence-electron chi connectivity index (χ1n) is 6.14. The number of ether oxygens (including phenoxy) is 1. The average molecular weight is 268 g/mol. The minimum Gasteiger partial charge on any atom is -0.465 e. The first-order chi connectivity index (χ1) is 8.07. The molecule has 0 aromatic heterocycles. The Bertz CT molecular complexity index is 201. The van der Waals surface area contributed by atoms with Gasteiger partial charge in [0.1, 0.15) is 0 Å². The Morgan fingerprint density at radius 1 is 1.24 bits per heavy atom. The van der Waals surface area contributed by atoms with Gasteiger partial charge in [0.05, 0.1) is 11.9 Å². The van der Waals surface area contributed by atoms with Crippen molar-refractivity contribution < 1.29 is 18.3 Å². The van der Waals surface area contributed by atoms with Gasteiger partial charge in [-0.05, 0) is 32.4 Å². The highest BCUT2D eigenvalue weighted by Crippen LogP contribution is 2.16. The SMILES string of the molecule is CCOC(=O)C(C)SCCCCCCC(F)F. The molecule has 0 radical (unpaired) electrons. The summed E-state index contributed by atoms with van der Waals surface area (Å²) in [6.07, 6.45) is 1.20. The second kappa shape index (κ2) is 10.8. The quantitative estimate of drug-likeness (QED) is 0.444. The molecule has 17 heavy (non-hydrogen) atoms. The minimum absolute atomic E-state index is 0.00632. The zero-order chi connectivity index (χ0) is 13.1. The van der Waals surface area contributed by atoms with Gasteiger partial charge in [0.25, 0.3) is 0 Å². The van der Waals surface area contributed by atoms with Gasteiger partial charge in [-0.15, -0.1) is 11.8 Å². The van der Waals surface area contributed by atoms with E-state index >= 15 is 0 Å². The maximum absolute atomic E-state index is 11.8. The van der Waals surface area contributed by atoms with Crippen molar-refractivity contribution in [1.29, 1.82) is 0 Å². The van der Waals surface area contributed by atoms with Gasteiger partial charge in [0, 0.05) is 6.42 Å². The molecule has 2 nitrogen and oxygen atoms in total. The number of unbranched alkanes of at least 4 members (excludes halogenated alkanes) is 3. The van der Waals surface area contributed by atoms with Gasteiger partial charge < -0.3 is 4.74 Å². The van der Waals surface area contributed by atoms with E-state index in [-0.39, 0.29) is 17.6 Å². The summed E-state index contributed by atoms with van der Waals surface area (Å²) in [7, 11) is 0. The van der Waals surface area contributed by atoms with Crippen LogP contribution in [0.25, 0.3) is 0 Å². The van der Waals surface area contributed by atoms with Gasteiger partial charge in [0.15, 0.2) is 0 Å². The maximum Gasteiger partial charge on any atom is 0.318 e. The molecule has 0 saturated heterocycles. The van der Waals surface area contributed by atoms with Crippen molar-refractivity contribution in [3.05, 3.63) is 0 Å². The number of carbonyl (C=O) groups is 1. The highest BCUT2D eigenvalue weighted by Gasteiger charge is 2.13. The van der Waals surface area contributed by atoms with E-state index in [1.165, 1.54) is 0 Å². The highest BCUT2D eigenvalue weighted by atomic mass is 32.2. The van der Waals surface area contributed by atoms with Gasteiger partial charge in [0.2, 0.25) is 6.43 Å². The Morgan fingerprint density at radius 2 is 1.88 bits per heavy atom. The molecule has 0 fully saturated rings. The lowest BCUT2D eigenvalue weighted by Gasteiger charge is -2.09. The van der Waals surface area contributed by atoms with E-state index in [2.05, 4.69) is 0 Å². The van der Waals surface area contributed by atoms with Crippen LogP contribution < -0.4 is 0 Å². The first kappa shape index (κ1) is 16.7. The van der Waals surface area contributed by atoms with Crippen molar-refractivity contribution in [2.45, 2.75) is 57.6 Å². The molecule has 5 heteroatoms. The highest BCUT2D eigenvalue weighted by molar-refractivity contribution is 8.00. The third-order valence-electron chi connectivity index (χ3n) is 2.30. The summed E-state index contributed by atoms with van der Waals surface area (Å²) >= 11 is 1.57. The Labute approximate surface area is 106 Å². The monoisotopic (exact) mass is 268 g/mol. The number of hydrogen-bond donors (Lipinski definition) is 0. The van der Waals surface area contributed by atoms with E-state index < -0.39 is 6.43 Å². The molecule has 0 rings (SSSR count). The lowest BCUT2D eigenvalue weighted by atomic mass is 10.2. The summed E-state index contributed by atoms with van der Waals surface area (Å²) in [4.78, 5) is 11.3. The van der Waals surface area contributed by atoms with E-state index in [1.807, 2.05) is 6.92 Å². The molecule has 0 aliphatic carbocycles. The van der Waals surface area contributed by atoms with Crippen LogP contribution in [0.3, 0.4) is 0 Å². The summed E-state index contributed by atoms with van der Waals surface area (Å²) in [5.41, 5.74) is 0. The summed E-state index contributed by atoms with van der Waals surface area (Å²) in [5.74, 6) is 0.712. The van der Waals surface area contributed by atoms with Crippen molar-refractivity contribution in [3.63, 3.8) is 0 Å². The molecular formula is C12H22F2O2S. The molecule has 0 bridgehead atoms. The van der Waals surface area contributed by atoms with Crippen molar-refractivity contribution >= 4 is 17.7 Å². The lowest BCUT2D eigenvalue weighted by Crippen LogP contribution is -2.17. The average Bonchev–Trinajstić information content (AvgIpc) is 2.27. The lowest BCUT2D eigenvalue weighted by molar-refractivity contribution is -0.142. The van der Waals surface area contributed by atoms with Crippen LogP contribution in [0.5, 0.6) is 0 Å². The third kappa shape index (κ3) is 10.5. The van der Waals surface area contributed by atoms with Crippen molar-refractivity contribution in [1.82, 2.24) is 0 Å². The molecule has 0 saturated carbocycles. The maximum atomic E-state index is 11.8. The fourth-order valence-corrected chi connectivity index (χ4v) is 2.27. The molecule has 1 unspecified atom stereocenters. The van der Waals surface area contributed by atoms with Gasteiger partial charge >= 0.3 is 5.97 Å². The number of carbonyl (C=O) groups excluding carboxylic acids is 1. The second-order valence-electron chi connectivity index (χ2n) is 3.86. The summed E-state index contributed by atoms with van der Waals surface area (Å²) < 4.78 is 28.5. The van der Waals surface area contributed by atoms with Crippen LogP contribution in [0.2, 0.25) is 0 Å². The van der Waals surface area contributed by atoms with E-state index in [0.29, 0.717) is 13.0 Å². The largest absolute Gasteiger partial charge is 0.465 e. The van der Waals surface area contributed by atoms with Gasteiger partial charge in [-0.25, -0.2) is 8.78 Å². The number of rotatable bonds is 10. The fraction of sp³-hybridized carbons (Fsp3) is 0.917. The van der Waals surface area contributed by atoms with Crippen LogP contribution >= 0.6 is 11.8 Å². The summed E-state index contributed by atoms with van der Waals surface area (Å²) in [6, 6.07) is 0. The number of thioether (sulfide) groups is 1. The first-order valence-corrected chi connectivity index (χ1v) is 7.19. The van der Waals surface area contributed by atoms with E-state index in [9.17, 15) is 13.6 Å². The fourth-order valence-electron chi connectivity index (χ4n) is 1.34. The molecule has 0 spiro atoms. The predicted molar refractivity (Wildman–Crippen MR) is 67.6 cm³/mol. The normalized spacial score (nSPS) is 12.8. The standard InChI is InChI=1S/C12H22F2O2S/c1-3-16-12(15)10(2)17-9-7-5-4-6-8-11(13)14/h10-11H,3-9H2,1-2H3. The second-order valence-corrected chi connectivity index (χ2v) is 5.31. The number of esters is 1. The molecule has 0 heterocycles. The Balaban J connectivity index is 3.30. The molecule has 0 aromatic rings. The molecule has 0 amide bonds. The number of hydrogen-bond acceptors (Lipinski definition) is 3. The van der Waals surface area contributed by atoms with Gasteiger partial charge in [-0.3, -0.25) is 4.79 Å². The van der Waals surface area contributed by atoms with Crippen LogP contribution in [-0.4, -0.2) is 30.0 Å². The van der Waals surface area contributed by atoms with E-state index in [4.69, 9.17) is 4.74 Å². The van der Waals surface area contributed by atoms with Crippen LogP contribution in [0.4, 0.5) is 8.78 Å². The molecule has 102 valence electrons. The number of halogens is 2. The topological polar surface area (TPSA) is 26.3 Å². The van der Waals surface area contributed by atoms with Crippen LogP contribution in [0, 0.1) is 0 Å². The van der Waals surface area contributed by atoms with E-state index in [0.717, 1.165) is 25.0 Å². The Morgan fingerprint density at radius 3 is 2.47 bits per heavy atom. The van der Waals surface area contributed by atoms with Crippen LogP contribution in [0.1, 0.15) is 46.0 Å². The van der Waals surface area contributed by atoms with Crippen LogP contribution in [0.15, 0.2) is 0 Å². The third-order valence-corrected chi connectivity index (χ3v) is 3.52. The van der Waals surface area contributed by atoms with E-state index in [1.54, 1.807) is 18.7 Å². The Hall–Kier alpha value is -0.320. The van der Waals surface area contributed by atoms with Crippen molar-refractivity contribution in [2.75, 3.05) is 12.4 Å². The zero-order valence-corrected chi connectivity index (χ0v) is 11.4. The predicted octanol–water partition coefficient (Wildman–Crippen LogP) is 3.89. The van der Waals surface area contributed by atoms with Gasteiger partial charge in [-0.1, -0.05) is 12.8 Å². The summed E-state index contributed by atoms with van der Waals surface area (Å²) in [6.45, 7) is 4.04. The van der Waals surface area contributed by atoms with Crippen LogP contribution in [-0.2, 0) is 9.53 Å². The molecule has 0 aliphatic rings.